The largest absolute Gasteiger partial charge is 0.396 e. The molecule has 126 valence electrons. The quantitative estimate of drug-likeness (QED) is 0.625. The van der Waals surface area contributed by atoms with E-state index in [2.05, 4.69) is 42.3 Å². The predicted molar refractivity (Wildman–Crippen MR) is 95.6 cm³/mol. The first-order chi connectivity index (χ1) is 12.3. The van der Waals surface area contributed by atoms with Gasteiger partial charge < -0.3 is 9.67 Å². The molecule has 6 heteroatoms. The maximum atomic E-state index is 9.41. The van der Waals surface area contributed by atoms with E-state index in [4.69, 9.17) is 0 Å². The van der Waals surface area contributed by atoms with E-state index in [1.54, 1.807) is 6.33 Å². The summed E-state index contributed by atoms with van der Waals surface area (Å²) in [6.45, 7) is 0.263. The third-order valence-corrected chi connectivity index (χ3v) is 5.33. The van der Waals surface area contributed by atoms with Crippen LogP contribution in [0.25, 0.3) is 27.9 Å². The van der Waals surface area contributed by atoms with Crippen molar-refractivity contribution in [2.75, 3.05) is 6.61 Å². The fourth-order valence-corrected chi connectivity index (χ4v) is 4.02. The first-order valence-corrected chi connectivity index (χ1v) is 8.70. The summed E-state index contributed by atoms with van der Waals surface area (Å²) in [4.78, 5) is 13.6. The smallest absolute Gasteiger partial charge is 0.168 e. The number of aliphatic hydroxyl groups is 1. The van der Waals surface area contributed by atoms with Gasteiger partial charge >= 0.3 is 0 Å². The van der Waals surface area contributed by atoms with E-state index in [9.17, 15) is 5.11 Å². The first kappa shape index (κ1) is 14.6. The number of benzene rings is 1. The van der Waals surface area contributed by atoms with E-state index in [-0.39, 0.29) is 6.61 Å². The summed E-state index contributed by atoms with van der Waals surface area (Å²) in [5, 5.41) is 10.6. The van der Waals surface area contributed by atoms with Crippen LogP contribution in [0.1, 0.15) is 25.3 Å². The van der Waals surface area contributed by atoms with Gasteiger partial charge in [-0.25, -0.2) is 15.0 Å². The minimum absolute atomic E-state index is 0.263. The Morgan fingerprint density at radius 3 is 2.88 bits per heavy atom. The Balaban J connectivity index is 1.64. The van der Waals surface area contributed by atoms with Crippen molar-refractivity contribution in [1.29, 1.82) is 0 Å². The number of hydrogen-bond donors (Lipinski definition) is 1. The molecule has 2 atom stereocenters. The Kier molecular flexibility index (Phi) is 3.31. The summed E-state index contributed by atoms with van der Waals surface area (Å²) in [6, 6.07) is 10.7. The second kappa shape index (κ2) is 5.67. The number of nitrogens with zero attached hydrogens (tertiary/aromatic N) is 5. The first-order valence-electron chi connectivity index (χ1n) is 8.70. The van der Waals surface area contributed by atoms with Crippen LogP contribution in [0.15, 0.2) is 49.2 Å². The molecule has 1 aromatic carbocycles. The van der Waals surface area contributed by atoms with E-state index >= 15 is 0 Å². The Labute approximate surface area is 144 Å². The predicted octanol–water partition coefficient (Wildman–Crippen LogP) is 3.10. The lowest BCUT2D eigenvalue weighted by molar-refractivity contribution is 0.226. The third-order valence-electron chi connectivity index (χ3n) is 5.33. The van der Waals surface area contributed by atoms with Crippen LogP contribution in [-0.4, -0.2) is 35.8 Å². The maximum Gasteiger partial charge on any atom is 0.168 e. The van der Waals surface area contributed by atoms with E-state index in [0.29, 0.717) is 12.0 Å². The van der Waals surface area contributed by atoms with Gasteiger partial charge in [0.2, 0.25) is 0 Å². The van der Waals surface area contributed by atoms with Crippen molar-refractivity contribution >= 4 is 22.1 Å². The minimum atomic E-state index is 0.263. The molecule has 3 heterocycles. The van der Waals surface area contributed by atoms with Gasteiger partial charge in [-0.1, -0.05) is 18.2 Å². The summed E-state index contributed by atoms with van der Waals surface area (Å²) in [7, 11) is 0. The molecule has 0 aliphatic heterocycles. The van der Waals surface area contributed by atoms with Crippen LogP contribution in [0.3, 0.4) is 0 Å². The van der Waals surface area contributed by atoms with E-state index < -0.39 is 0 Å². The zero-order valence-electron chi connectivity index (χ0n) is 13.8. The molecular weight excluding hydrogens is 314 g/mol. The fourth-order valence-electron chi connectivity index (χ4n) is 4.02. The highest BCUT2D eigenvalue weighted by Crippen LogP contribution is 2.36. The van der Waals surface area contributed by atoms with Crippen LogP contribution < -0.4 is 0 Å². The van der Waals surface area contributed by atoms with E-state index in [1.807, 2.05) is 24.7 Å². The molecule has 0 radical (unpaired) electrons. The second-order valence-corrected chi connectivity index (χ2v) is 6.78. The zero-order chi connectivity index (χ0) is 16.8. The van der Waals surface area contributed by atoms with Crippen molar-refractivity contribution in [2.45, 2.75) is 25.3 Å². The molecule has 0 amide bonds. The van der Waals surface area contributed by atoms with Gasteiger partial charge in [-0.05, 0) is 42.7 Å². The van der Waals surface area contributed by atoms with Crippen molar-refractivity contribution < 1.29 is 5.11 Å². The summed E-state index contributed by atoms with van der Waals surface area (Å²) >= 11 is 0. The van der Waals surface area contributed by atoms with Crippen LogP contribution in [0, 0.1) is 5.92 Å². The lowest BCUT2D eigenvalue weighted by atomic mass is 10.1. The molecule has 1 saturated carbocycles. The topological polar surface area (TPSA) is 68.8 Å². The number of imidazole rings is 1. The molecule has 1 aliphatic rings. The number of aromatic nitrogens is 5. The van der Waals surface area contributed by atoms with E-state index in [1.165, 1.54) is 5.39 Å². The van der Waals surface area contributed by atoms with Gasteiger partial charge in [0.25, 0.3) is 0 Å². The Morgan fingerprint density at radius 1 is 1.08 bits per heavy atom. The molecule has 1 N–H and O–H groups in total. The van der Waals surface area contributed by atoms with Crippen molar-refractivity contribution in [3.05, 3.63) is 49.2 Å². The number of rotatable bonds is 3. The van der Waals surface area contributed by atoms with Gasteiger partial charge in [0, 0.05) is 18.8 Å². The van der Waals surface area contributed by atoms with Gasteiger partial charge in [-0.3, -0.25) is 4.57 Å². The van der Waals surface area contributed by atoms with Gasteiger partial charge in [0.1, 0.15) is 6.33 Å². The number of fused-ring (bicyclic) bond motifs is 2. The van der Waals surface area contributed by atoms with Crippen LogP contribution >= 0.6 is 0 Å². The lowest BCUT2D eigenvalue weighted by Crippen LogP contribution is -2.07. The number of para-hydroxylation sites is 1. The van der Waals surface area contributed by atoms with Crippen LogP contribution in [0.2, 0.25) is 0 Å². The third kappa shape index (κ3) is 2.25. The van der Waals surface area contributed by atoms with Crippen LogP contribution in [-0.2, 0) is 0 Å². The Hall–Kier alpha value is -2.73. The highest BCUT2D eigenvalue weighted by atomic mass is 16.3. The van der Waals surface area contributed by atoms with Crippen LogP contribution in [0.4, 0.5) is 0 Å². The maximum absolute atomic E-state index is 9.41. The minimum Gasteiger partial charge on any atom is -0.396 e. The standard InChI is InChI=1S/C19H19N5O/c25-10-13-5-6-15(9-13)24-12-22-17-18(20-11-21-19(17)24)23-8-7-14-3-1-2-4-16(14)23/h1-4,7-8,11-13,15,25H,5-6,9-10H2. The van der Waals surface area contributed by atoms with Gasteiger partial charge in [0.15, 0.2) is 17.0 Å². The second-order valence-electron chi connectivity index (χ2n) is 6.78. The average Bonchev–Trinajstić information content (AvgIpc) is 3.38. The normalized spacial score (nSPS) is 20.7. The molecule has 1 aliphatic carbocycles. The molecule has 4 aromatic rings. The zero-order valence-corrected chi connectivity index (χ0v) is 13.8. The Bertz CT molecular complexity index is 1050. The monoisotopic (exact) mass is 333 g/mol. The van der Waals surface area contributed by atoms with Crippen molar-refractivity contribution in [2.24, 2.45) is 5.92 Å². The Morgan fingerprint density at radius 2 is 2.00 bits per heavy atom. The van der Waals surface area contributed by atoms with Gasteiger partial charge in [-0.2, -0.15) is 0 Å². The molecule has 6 nitrogen and oxygen atoms in total. The van der Waals surface area contributed by atoms with Gasteiger partial charge in [0.05, 0.1) is 11.8 Å². The molecule has 25 heavy (non-hydrogen) atoms. The summed E-state index contributed by atoms with van der Waals surface area (Å²) in [5.74, 6) is 1.19. The summed E-state index contributed by atoms with van der Waals surface area (Å²) in [6.07, 6.45) is 8.61. The molecule has 3 aromatic heterocycles. The molecule has 0 bridgehead atoms. The number of hydrogen-bond acceptors (Lipinski definition) is 4. The molecular formula is C19H19N5O. The number of aliphatic hydroxyl groups excluding tert-OH is 1. The van der Waals surface area contributed by atoms with Crippen LogP contribution in [0.5, 0.6) is 0 Å². The molecule has 2 unspecified atom stereocenters. The van der Waals surface area contributed by atoms with E-state index in [0.717, 1.165) is 41.8 Å². The van der Waals surface area contributed by atoms with Crippen molar-refractivity contribution in [3.63, 3.8) is 0 Å². The molecule has 5 rings (SSSR count). The van der Waals surface area contributed by atoms with Crippen molar-refractivity contribution in [1.82, 2.24) is 24.1 Å². The van der Waals surface area contributed by atoms with Gasteiger partial charge in [-0.15, -0.1) is 0 Å². The molecule has 1 fully saturated rings. The highest BCUT2D eigenvalue weighted by molar-refractivity contribution is 5.86. The summed E-state index contributed by atoms with van der Waals surface area (Å²) in [5.41, 5.74) is 2.79. The molecule has 0 saturated heterocycles. The molecule has 0 spiro atoms. The SMILES string of the molecule is OCC1CCC(n2cnc3c(-n4ccc5ccccc54)ncnc32)C1. The average molecular weight is 333 g/mol. The lowest BCUT2D eigenvalue weighted by Gasteiger charge is -2.12. The van der Waals surface area contributed by atoms with Crippen molar-refractivity contribution in [3.8, 4) is 5.82 Å². The fraction of sp³-hybridized carbons (Fsp3) is 0.316. The highest BCUT2D eigenvalue weighted by Gasteiger charge is 2.27. The summed E-state index contributed by atoms with van der Waals surface area (Å²) < 4.78 is 4.23.